The maximum absolute atomic E-state index is 4.58. The van der Waals surface area contributed by atoms with Crippen molar-refractivity contribution in [3.05, 3.63) is 16.1 Å². The summed E-state index contributed by atoms with van der Waals surface area (Å²) in [7, 11) is 8.00. The Morgan fingerprint density at radius 1 is 1.29 bits per heavy atom. The molecule has 1 rings (SSSR count). The molecule has 0 spiro atoms. The summed E-state index contributed by atoms with van der Waals surface area (Å²) in [6.45, 7) is 4.98. The van der Waals surface area contributed by atoms with Crippen molar-refractivity contribution >= 4 is 17.3 Å². The van der Waals surface area contributed by atoms with Crippen LogP contribution in [-0.4, -0.2) is 48.9 Å². The highest BCUT2D eigenvalue weighted by Gasteiger charge is 2.07. The van der Waals surface area contributed by atoms with Gasteiger partial charge in [-0.2, -0.15) is 0 Å². The summed E-state index contributed by atoms with van der Waals surface area (Å²) < 4.78 is 0. The fourth-order valence-corrected chi connectivity index (χ4v) is 2.36. The molecule has 0 bridgehead atoms. The second-order valence-electron chi connectivity index (χ2n) is 4.73. The van der Waals surface area contributed by atoms with Crippen LogP contribution in [0.5, 0.6) is 0 Å². The van der Waals surface area contributed by atoms with E-state index < -0.39 is 0 Å². The minimum absolute atomic E-state index is 0.492. The number of aromatic nitrogens is 1. The maximum Gasteiger partial charge on any atom is 0.195 e. The van der Waals surface area contributed by atoms with Gasteiger partial charge in [-0.3, -0.25) is 0 Å². The molecule has 0 saturated heterocycles. The average molecular weight is 254 g/mol. The molecule has 0 atom stereocenters. The average Bonchev–Trinajstić information content (AvgIpc) is 2.65. The third-order valence-corrected chi connectivity index (χ3v) is 3.17. The smallest absolute Gasteiger partial charge is 0.195 e. The zero-order valence-electron chi connectivity index (χ0n) is 11.6. The van der Waals surface area contributed by atoms with Crippen molar-refractivity contribution in [2.75, 3.05) is 28.2 Å². The Labute approximate surface area is 108 Å². The Bertz CT molecular complexity index is 370. The van der Waals surface area contributed by atoms with Gasteiger partial charge in [0.05, 0.1) is 12.2 Å². The van der Waals surface area contributed by atoms with Crippen LogP contribution in [-0.2, 0) is 6.54 Å². The highest BCUT2D eigenvalue weighted by atomic mass is 32.1. The lowest BCUT2D eigenvalue weighted by molar-refractivity contribution is 0.479. The fourth-order valence-electron chi connectivity index (χ4n) is 1.48. The van der Waals surface area contributed by atoms with Crippen molar-refractivity contribution in [2.45, 2.75) is 26.3 Å². The molecule has 1 aromatic rings. The number of guanidine groups is 1. The molecule has 0 fully saturated rings. The Kier molecular flexibility index (Phi) is 4.93. The van der Waals surface area contributed by atoms with Gasteiger partial charge >= 0.3 is 0 Å². The van der Waals surface area contributed by atoms with Crippen LogP contribution in [0, 0.1) is 0 Å². The van der Waals surface area contributed by atoms with E-state index in [4.69, 9.17) is 0 Å². The summed E-state index contributed by atoms with van der Waals surface area (Å²) in [6.07, 6.45) is 0. The predicted molar refractivity (Wildman–Crippen MR) is 74.7 cm³/mol. The molecule has 5 heteroatoms. The molecular weight excluding hydrogens is 232 g/mol. The van der Waals surface area contributed by atoms with E-state index in [1.165, 1.54) is 0 Å². The van der Waals surface area contributed by atoms with Crippen molar-refractivity contribution in [1.29, 1.82) is 0 Å². The van der Waals surface area contributed by atoms with Gasteiger partial charge in [0.25, 0.3) is 0 Å². The molecule has 0 aliphatic carbocycles. The van der Waals surface area contributed by atoms with Crippen LogP contribution >= 0.6 is 11.3 Å². The highest BCUT2D eigenvalue weighted by molar-refractivity contribution is 7.09. The first-order chi connectivity index (χ1) is 7.91. The van der Waals surface area contributed by atoms with E-state index in [9.17, 15) is 0 Å². The van der Waals surface area contributed by atoms with Gasteiger partial charge in [-0.15, -0.1) is 11.3 Å². The maximum atomic E-state index is 4.58. The first kappa shape index (κ1) is 14.0. The number of hydrogen-bond donors (Lipinski definition) is 0. The molecular formula is C12H22N4S. The molecule has 1 heterocycles. The summed E-state index contributed by atoms with van der Waals surface area (Å²) in [5, 5.41) is 3.20. The van der Waals surface area contributed by atoms with Crippen molar-refractivity contribution in [3.8, 4) is 0 Å². The van der Waals surface area contributed by atoms with Crippen LogP contribution in [0.15, 0.2) is 10.4 Å². The Morgan fingerprint density at radius 2 is 1.88 bits per heavy atom. The van der Waals surface area contributed by atoms with Crippen LogP contribution in [0.25, 0.3) is 0 Å². The third kappa shape index (κ3) is 4.00. The van der Waals surface area contributed by atoms with Crippen LogP contribution in [0.4, 0.5) is 0 Å². The van der Waals surface area contributed by atoms with Gasteiger partial charge in [0, 0.05) is 33.6 Å². The van der Waals surface area contributed by atoms with Gasteiger partial charge in [0.2, 0.25) is 0 Å². The summed E-state index contributed by atoms with van der Waals surface area (Å²) in [5.74, 6) is 1.46. The lowest BCUT2D eigenvalue weighted by Gasteiger charge is -2.22. The lowest BCUT2D eigenvalue weighted by Crippen LogP contribution is -2.35. The van der Waals surface area contributed by atoms with Crippen LogP contribution < -0.4 is 0 Å². The molecule has 0 saturated carbocycles. The second kappa shape index (κ2) is 6.00. The first-order valence-electron chi connectivity index (χ1n) is 5.75. The summed E-state index contributed by atoms with van der Waals surface area (Å²) in [4.78, 5) is 13.2. The fraction of sp³-hybridized carbons (Fsp3) is 0.667. The van der Waals surface area contributed by atoms with Crippen molar-refractivity contribution in [2.24, 2.45) is 4.99 Å². The zero-order valence-corrected chi connectivity index (χ0v) is 12.4. The molecule has 0 aliphatic rings. The topological polar surface area (TPSA) is 31.7 Å². The molecule has 0 radical (unpaired) electrons. The highest BCUT2D eigenvalue weighted by Crippen LogP contribution is 2.18. The van der Waals surface area contributed by atoms with Crippen molar-refractivity contribution in [1.82, 2.24) is 14.8 Å². The van der Waals surface area contributed by atoms with Crippen LogP contribution in [0.2, 0.25) is 0 Å². The van der Waals surface area contributed by atoms with Gasteiger partial charge in [-0.25, -0.2) is 9.98 Å². The standard InChI is InChI=1S/C12H22N4S/c1-9(2)10-8-17-11(14-10)7-13-12(15(3)4)16(5)6/h8-9H,7H2,1-6H3. The summed E-state index contributed by atoms with van der Waals surface area (Å²) in [5.41, 5.74) is 1.16. The molecule has 96 valence electrons. The molecule has 0 unspecified atom stereocenters. The molecule has 1 aromatic heterocycles. The van der Waals surface area contributed by atoms with Crippen LogP contribution in [0.3, 0.4) is 0 Å². The Balaban J connectivity index is 2.73. The number of aliphatic imine (C=N–C) groups is 1. The van der Waals surface area contributed by atoms with Gasteiger partial charge in [-0.1, -0.05) is 13.8 Å². The number of thiazole rings is 1. The predicted octanol–water partition coefficient (Wildman–Crippen LogP) is 2.25. The van der Waals surface area contributed by atoms with E-state index in [1.54, 1.807) is 11.3 Å². The second-order valence-corrected chi connectivity index (χ2v) is 5.67. The first-order valence-corrected chi connectivity index (χ1v) is 6.63. The van der Waals surface area contributed by atoms with Crippen molar-refractivity contribution in [3.63, 3.8) is 0 Å². The SMILES string of the molecule is CC(C)c1csc(CN=C(N(C)C)N(C)C)n1. The van der Waals surface area contributed by atoms with Gasteiger partial charge < -0.3 is 9.80 Å². The van der Waals surface area contributed by atoms with Gasteiger partial charge in [0.1, 0.15) is 5.01 Å². The van der Waals surface area contributed by atoms with E-state index in [1.807, 2.05) is 38.0 Å². The van der Waals surface area contributed by atoms with E-state index in [-0.39, 0.29) is 0 Å². The molecule has 4 nitrogen and oxygen atoms in total. The van der Waals surface area contributed by atoms with Crippen LogP contribution in [0.1, 0.15) is 30.5 Å². The number of nitrogens with zero attached hydrogens (tertiary/aromatic N) is 4. The van der Waals surface area contributed by atoms with E-state index in [0.29, 0.717) is 12.5 Å². The molecule has 0 N–H and O–H groups in total. The monoisotopic (exact) mass is 254 g/mol. The minimum Gasteiger partial charge on any atom is -0.349 e. The molecule has 0 amide bonds. The third-order valence-electron chi connectivity index (χ3n) is 2.32. The molecule has 17 heavy (non-hydrogen) atoms. The Morgan fingerprint density at radius 3 is 2.29 bits per heavy atom. The van der Waals surface area contributed by atoms with E-state index in [2.05, 4.69) is 29.2 Å². The number of rotatable bonds is 3. The minimum atomic E-state index is 0.492. The normalized spacial score (nSPS) is 10.5. The lowest BCUT2D eigenvalue weighted by atomic mass is 10.2. The molecule has 0 aromatic carbocycles. The van der Waals surface area contributed by atoms with Gasteiger partial charge in [0.15, 0.2) is 5.96 Å². The zero-order chi connectivity index (χ0) is 13.0. The van der Waals surface area contributed by atoms with E-state index in [0.717, 1.165) is 16.7 Å². The summed E-state index contributed by atoms with van der Waals surface area (Å²) >= 11 is 1.69. The molecule has 0 aliphatic heterocycles. The largest absolute Gasteiger partial charge is 0.349 e. The van der Waals surface area contributed by atoms with Gasteiger partial charge in [-0.05, 0) is 5.92 Å². The van der Waals surface area contributed by atoms with E-state index >= 15 is 0 Å². The number of hydrogen-bond acceptors (Lipinski definition) is 3. The quantitative estimate of drug-likeness (QED) is 0.612. The Hall–Kier alpha value is -1.10. The summed E-state index contributed by atoms with van der Waals surface area (Å²) in [6, 6.07) is 0. The van der Waals surface area contributed by atoms with Crippen molar-refractivity contribution < 1.29 is 0 Å².